The summed E-state index contributed by atoms with van der Waals surface area (Å²) in [7, 11) is 0. The first kappa shape index (κ1) is 17.2. The fourth-order valence-corrected chi connectivity index (χ4v) is 4.02. The molecule has 26 heavy (non-hydrogen) atoms. The number of likely N-dealkylation sites (tertiary alicyclic amines) is 1. The Morgan fingerprint density at radius 2 is 2.00 bits per heavy atom. The normalized spacial score (nSPS) is 24.7. The highest BCUT2D eigenvalue weighted by atomic mass is 16.5. The van der Waals surface area contributed by atoms with Gasteiger partial charge in [-0.25, -0.2) is 4.98 Å². The number of amides is 1. The van der Waals surface area contributed by atoms with Crippen LogP contribution in [-0.4, -0.2) is 64.4 Å². The molecule has 0 spiro atoms. The van der Waals surface area contributed by atoms with Crippen molar-refractivity contribution in [1.82, 2.24) is 25.4 Å². The van der Waals surface area contributed by atoms with E-state index in [2.05, 4.69) is 20.4 Å². The van der Waals surface area contributed by atoms with Gasteiger partial charge in [0, 0.05) is 44.8 Å². The molecule has 2 aliphatic rings. The van der Waals surface area contributed by atoms with Crippen LogP contribution in [0.15, 0.2) is 30.3 Å². The number of carbonyl (C=O) groups excluding carboxylic acids is 1. The zero-order valence-electron chi connectivity index (χ0n) is 15.0. The van der Waals surface area contributed by atoms with Crippen LogP contribution in [0, 0.1) is 0 Å². The molecule has 0 saturated carbocycles. The number of aromatic nitrogens is 3. The number of rotatable bonds is 4. The lowest BCUT2D eigenvalue weighted by Gasteiger charge is -2.31. The van der Waals surface area contributed by atoms with Crippen LogP contribution in [0.5, 0.6) is 0 Å². The van der Waals surface area contributed by atoms with Gasteiger partial charge in [0.15, 0.2) is 5.82 Å². The average molecular weight is 355 g/mol. The van der Waals surface area contributed by atoms with Gasteiger partial charge < -0.3 is 10.1 Å². The summed E-state index contributed by atoms with van der Waals surface area (Å²) in [6.07, 6.45) is 2.09. The standard InChI is InChI=1S/C19H25N5O2/c1-13(25)20-17-12-24(15-7-9-26-10-8-15)11-16(17)19-21-18(22-23-19)14-5-3-2-4-6-14/h2-6,15-17H,7-12H2,1H3,(H,20,25)(H,21,22,23)/t16-,17-/m1/s1. The van der Waals surface area contributed by atoms with Crippen LogP contribution in [0.4, 0.5) is 0 Å². The Bertz CT molecular complexity index is 741. The summed E-state index contributed by atoms with van der Waals surface area (Å²) in [5.41, 5.74) is 0.991. The number of aromatic amines is 1. The lowest BCUT2D eigenvalue weighted by molar-refractivity contribution is -0.119. The van der Waals surface area contributed by atoms with Crippen LogP contribution in [0.25, 0.3) is 11.4 Å². The fraction of sp³-hybridized carbons (Fsp3) is 0.526. The van der Waals surface area contributed by atoms with Gasteiger partial charge in [-0.15, -0.1) is 0 Å². The van der Waals surface area contributed by atoms with Crippen LogP contribution < -0.4 is 5.32 Å². The Hall–Kier alpha value is -2.25. The average Bonchev–Trinajstić information content (AvgIpc) is 3.30. The number of ether oxygens (including phenoxy) is 1. The summed E-state index contributed by atoms with van der Waals surface area (Å²) in [4.78, 5) is 18.9. The number of hydrogen-bond acceptors (Lipinski definition) is 5. The highest BCUT2D eigenvalue weighted by Gasteiger charge is 2.39. The van der Waals surface area contributed by atoms with Crippen molar-refractivity contribution in [3.05, 3.63) is 36.2 Å². The monoisotopic (exact) mass is 355 g/mol. The van der Waals surface area contributed by atoms with Crippen LogP contribution in [0.2, 0.25) is 0 Å². The molecule has 1 amide bonds. The molecule has 0 bridgehead atoms. The van der Waals surface area contributed by atoms with Crippen molar-refractivity contribution in [3.8, 4) is 11.4 Å². The maximum absolute atomic E-state index is 11.7. The second kappa shape index (κ2) is 7.55. The van der Waals surface area contributed by atoms with Crippen molar-refractivity contribution >= 4 is 5.91 Å². The van der Waals surface area contributed by atoms with Crippen molar-refractivity contribution < 1.29 is 9.53 Å². The first-order valence-electron chi connectivity index (χ1n) is 9.27. The quantitative estimate of drug-likeness (QED) is 0.870. The van der Waals surface area contributed by atoms with Gasteiger partial charge in [-0.1, -0.05) is 30.3 Å². The summed E-state index contributed by atoms with van der Waals surface area (Å²) in [5.74, 6) is 1.66. The van der Waals surface area contributed by atoms with Gasteiger partial charge in [-0.3, -0.25) is 14.8 Å². The number of carbonyl (C=O) groups is 1. The minimum atomic E-state index is -0.00312. The third-order valence-electron chi connectivity index (χ3n) is 5.33. The van der Waals surface area contributed by atoms with Gasteiger partial charge in [-0.2, -0.15) is 5.10 Å². The molecule has 1 aromatic carbocycles. The molecular weight excluding hydrogens is 330 g/mol. The molecular formula is C19H25N5O2. The van der Waals surface area contributed by atoms with Gasteiger partial charge in [0.1, 0.15) is 5.82 Å². The Morgan fingerprint density at radius 3 is 2.73 bits per heavy atom. The van der Waals surface area contributed by atoms with Crippen LogP contribution in [0.3, 0.4) is 0 Å². The van der Waals surface area contributed by atoms with E-state index in [1.54, 1.807) is 6.92 Å². The Morgan fingerprint density at radius 1 is 1.23 bits per heavy atom. The Balaban J connectivity index is 1.54. The van der Waals surface area contributed by atoms with Gasteiger partial charge in [-0.05, 0) is 12.8 Å². The predicted octanol–water partition coefficient (Wildman–Crippen LogP) is 1.55. The third-order valence-corrected chi connectivity index (χ3v) is 5.33. The Labute approximate surface area is 153 Å². The number of hydrogen-bond donors (Lipinski definition) is 2. The Kier molecular flexibility index (Phi) is 4.99. The molecule has 2 atom stereocenters. The summed E-state index contributed by atoms with van der Waals surface area (Å²) in [6, 6.07) is 10.5. The summed E-state index contributed by atoms with van der Waals surface area (Å²) in [6.45, 7) is 4.92. The lowest BCUT2D eigenvalue weighted by atomic mass is 10.0. The van der Waals surface area contributed by atoms with Crippen molar-refractivity contribution in [2.45, 2.75) is 37.8 Å². The van der Waals surface area contributed by atoms with Gasteiger partial charge in [0.25, 0.3) is 0 Å². The zero-order valence-corrected chi connectivity index (χ0v) is 15.0. The summed E-state index contributed by atoms with van der Waals surface area (Å²) in [5, 5.41) is 10.6. The van der Waals surface area contributed by atoms with E-state index in [9.17, 15) is 4.79 Å². The molecule has 7 nitrogen and oxygen atoms in total. The topological polar surface area (TPSA) is 83.1 Å². The van der Waals surface area contributed by atoms with E-state index in [1.165, 1.54) is 0 Å². The second-order valence-corrected chi connectivity index (χ2v) is 7.12. The van der Waals surface area contributed by atoms with E-state index in [0.29, 0.717) is 11.9 Å². The largest absolute Gasteiger partial charge is 0.381 e. The van der Waals surface area contributed by atoms with Crippen LogP contribution >= 0.6 is 0 Å². The van der Waals surface area contributed by atoms with Crippen LogP contribution in [-0.2, 0) is 9.53 Å². The molecule has 2 N–H and O–H groups in total. The molecule has 138 valence electrons. The van der Waals surface area contributed by atoms with E-state index in [0.717, 1.165) is 50.5 Å². The number of nitrogens with zero attached hydrogens (tertiary/aromatic N) is 3. The van der Waals surface area contributed by atoms with E-state index in [-0.39, 0.29) is 17.9 Å². The third kappa shape index (κ3) is 3.64. The fourth-order valence-electron chi connectivity index (χ4n) is 4.02. The lowest BCUT2D eigenvalue weighted by Crippen LogP contribution is -2.41. The maximum Gasteiger partial charge on any atom is 0.217 e. The molecule has 3 heterocycles. The first-order valence-corrected chi connectivity index (χ1v) is 9.27. The molecule has 0 aliphatic carbocycles. The van der Waals surface area contributed by atoms with Gasteiger partial charge in [0.2, 0.25) is 5.91 Å². The zero-order chi connectivity index (χ0) is 17.9. The van der Waals surface area contributed by atoms with Crippen molar-refractivity contribution in [3.63, 3.8) is 0 Å². The van der Waals surface area contributed by atoms with Gasteiger partial charge in [0.05, 0.1) is 12.0 Å². The summed E-state index contributed by atoms with van der Waals surface area (Å²) >= 11 is 0. The van der Waals surface area contributed by atoms with E-state index < -0.39 is 0 Å². The molecule has 2 fully saturated rings. The first-order chi connectivity index (χ1) is 12.7. The summed E-state index contributed by atoms with van der Waals surface area (Å²) < 4.78 is 5.49. The highest BCUT2D eigenvalue weighted by Crippen LogP contribution is 2.30. The SMILES string of the molecule is CC(=O)N[C@@H]1CN(C2CCOCC2)C[C@H]1c1nc(-c2ccccc2)n[nH]1. The van der Waals surface area contributed by atoms with Crippen molar-refractivity contribution in [2.75, 3.05) is 26.3 Å². The molecule has 0 unspecified atom stereocenters. The van der Waals surface area contributed by atoms with E-state index in [1.807, 2.05) is 30.3 Å². The minimum absolute atomic E-state index is 0.00312. The second-order valence-electron chi connectivity index (χ2n) is 7.12. The molecule has 2 aliphatic heterocycles. The highest BCUT2D eigenvalue weighted by molar-refractivity contribution is 5.73. The molecule has 2 aromatic rings. The predicted molar refractivity (Wildman–Crippen MR) is 97.6 cm³/mol. The number of H-pyrrole nitrogens is 1. The van der Waals surface area contributed by atoms with Crippen molar-refractivity contribution in [1.29, 1.82) is 0 Å². The smallest absolute Gasteiger partial charge is 0.217 e. The molecule has 1 aromatic heterocycles. The minimum Gasteiger partial charge on any atom is -0.381 e. The van der Waals surface area contributed by atoms with E-state index in [4.69, 9.17) is 9.72 Å². The molecule has 0 radical (unpaired) electrons. The van der Waals surface area contributed by atoms with Crippen molar-refractivity contribution in [2.24, 2.45) is 0 Å². The molecule has 2 saturated heterocycles. The molecule has 7 heteroatoms. The van der Waals surface area contributed by atoms with E-state index >= 15 is 0 Å². The number of benzene rings is 1. The molecule has 4 rings (SSSR count). The van der Waals surface area contributed by atoms with Gasteiger partial charge >= 0.3 is 0 Å². The maximum atomic E-state index is 11.7. The number of nitrogens with one attached hydrogen (secondary N) is 2. The van der Waals surface area contributed by atoms with Crippen LogP contribution in [0.1, 0.15) is 31.5 Å².